The number of carboxylic acid groups (broad SMARTS) is 1. The Morgan fingerprint density at radius 2 is 0.953 bits per heavy atom. The molecule has 1 N–H and O–H groups in total. The van der Waals surface area contributed by atoms with Crippen LogP contribution in [0.5, 0.6) is 0 Å². The summed E-state index contributed by atoms with van der Waals surface area (Å²) in [5.74, 6) is -1.88. The maximum atomic E-state index is 13.6. The van der Waals surface area contributed by atoms with Crippen molar-refractivity contribution in [1.29, 1.82) is 0 Å². The average molecular weight is 576 g/mol. The second kappa shape index (κ2) is 11.8. The maximum Gasteiger partial charge on any atom is 0.420 e. The van der Waals surface area contributed by atoms with Gasteiger partial charge < -0.3 is 14.6 Å². The first-order chi connectivity index (χ1) is 20.8. The van der Waals surface area contributed by atoms with Gasteiger partial charge in [0, 0.05) is 11.8 Å². The first-order valence-electron chi connectivity index (χ1n) is 14.6. The molecule has 0 saturated heterocycles. The van der Waals surface area contributed by atoms with E-state index in [4.69, 9.17) is 9.47 Å². The molecule has 218 valence electrons. The van der Waals surface area contributed by atoms with Crippen molar-refractivity contribution in [2.24, 2.45) is 5.92 Å². The highest BCUT2D eigenvalue weighted by Gasteiger charge is 2.40. The van der Waals surface area contributed by atoms with E-state index in [1.165, 1.54) is 0 Å². The topological polar surface area (TPSA) is 93.1 Å². The van der Waals surface area contributed by atoms with E-state index in [1.807, 2.05) is 111 Å². The fraction of sp³-hybridized carbons (Fsp3) is 0.250. The number of fused-ring (bicyclic) bond motifs is 6. The molecule has 0 bridgehead atoms. The second-order valence-corrected chi connectivity index (χ2v) is 11.5. The predicted octanol–water partition coefficient (Wildman–Crippen LogP) is 7.69. The average Bonchev–Trinajstić information content (AvgIpc) is 3.51. The monoisotopic (exact) mass is 575 g/mol. The van der Waals surface area contributed by atoms with Gasteiger partial charge in [0.1, 0.15) is 19.3 Å². The molecule has 4 aromatic rings. The highest BCUT2D eigenvalue weighted by Crippen LogP contribution is 2.46. The van der Waals surface area contributed by atoms with E-state index >= 15 is 0 Å². The number of nitrogens with zero attached hydrogens (tertiary/aromatic N) is 1. The molecule has 1 atom stereocenters. The van der Waals surface area contributed by atoms with Crippen LogP contribution in [0.4, 0.5) is 9.59 Å². The van der Waals surface area contributed by atoms with Gasteiger partial charge >= 0.3 is 18.2 Å². The first kappa shape index (κ1) is 28.2. The Bertz CT molecular complexity index is 1490. The maximum absolute atomic E-state index is 13.6. The lowest BCUT2D eigenvalue weighted by Crippen LogP contribution is -2.50. The van der Waals surface area contributed by atoms with E-state index < -0.39 is 24.2 Å². The van der Waals surface area contributed by atoms with Crippen LogP contribution in [-0.2, 0) is 14.3 Å². The van der Waals surface area contributed by atoms with Crippen LogP contribution in [0, 0.1) is 5.92 Å². The molecule has 7 heteroatoms. The number of hydrogen-bond donors (Lipinski definition) is 1. The normalized spacial score (nSPS) is 13.9. The lowest BCUT2D eigenvalue weighted by atomic mass is 9.98. The van der Waals surface area contributed by atoms with Gasteiger partial charge in [-0.3, -0.25) is 0 Å². The van der Waals surface area contributed by atoms with Gasteiger partial charge in [0.2, 0.25) is 0 Å². The number of carbonyl (C=O) groups excluding carboxylic acids is 2. The number of hydrogen-bond acceptors (Lipinski definition) is 5. The van der Waals surface area contributed by atoms with E-state index in [-0.39, 0.29) is 37.4 Å². The van der Waals surface area contributed by atoms with E-state index in [0.29, 0.717) is 4.90 Å². The molecular weight excluding hydrogens is 542 g/mol. The number of carbonyl (C=O) groups is 3. The van der Waals surface area contributed by atoms with Crippen LogP contribution in [-0.4, -0.2) is 47.4 Å². The molecule has 0 aliphatic heterocycles. The van der Waals surface area contributed by atoms with Crippen LogP contribution >= 0.6 is 0 Å². The van der Waals surface area contributed by atoms with Crippen molar-refractivity contribution in [3.8, 4) is 22.3 Å². The summed E-state index contributed by atoms with van der Waals surface area (Å²) < 4.78 is 11.5. The summed E-state index contributed by atoms with van der Waals surface area (Å²) in [6, 6.07) is 30.3. The summed E-state index contributed by atoms with van der Waals surface area (Å²) >= 11 is 0. The molecular formula is C36H33NO6. The largest absolute Gasteiger partial charge is 0.480 e. The minimum Gasteiger partial charge on any atom is -0.480 e. The molecule has 43 heavy (non-hydrogen) atoms. The van der Waals surface area contributed by atoms with Gasteiger partial charge in [-0.15, -0.1) is 0 Å². The number of imide groups is 1. The number of amides is 2. The van der Waals surface area contributed by atoms with Crippen molar-refractivity contribution in [3.05, 3.63) is 119 Å². The van der Waals surface area contributed by atoms with E-state index in [1.54, 1.807) is 0 Å². The van der Waals surface area contributed by atoms with Crippen molar-refractivity contribution in [1.82, 2.24) is 4.90 Å². The van der Waals surface area contributed by atoms with Gasteiger partial charge in [0.05, 0.1) is 0 Å². The van der Waals surface area contributed by atoms with Crippen molar-refractivity contribution in [3.63, 3.8) is 0 Å². The third-order valence-electron chi connectivity index (χ3n) is 8.36. The molecule has 0 radical (unpaired) electrons. The third-order valence-corrected chi connectivity index (χ3v) is 8.36. The van der Waals surface area contributed by atoms with E-state index in [0.717, 1.165) is 44.5 Å². The molecule has 6 rings (SSSR count). The molecule has 0 fully saturated rings. The van der Waals surface area contributed by atoms with Gasteiger partial charge in [-0.05, 0) is 56.8 Å². The Morgan fingerprint density at radius 1 is 0.628 bits per heavy atom. The van der Waals surface area contributed by atoms with Crippen molar-refractivity contribution in [2.75, 3.05) is 13.2 Å². The summed E-state index contributed by atoms with van der Waals surface area (Å²) in [6.45, 7) is 3.58. The summed E-state index contributed by atoms with van der Waals surface area (Å²) in [4.78, 5) is 40.3. The highest BCUT2D eigenvalue weighted by molar-refractivity contribution is 5.93. The summed E-state index contributed by atoms with van der Waals surface area (Å²) in [5.41, 5.74) is 8.32. The fourth-order valence-electron chi connectivity index (χ4n) is 6.42. The molecule has 0 unspecified atom stereocenters. The van der Waals surface area contributed by atoms with Gasteiger partial charge in [-0.1, -0.05) is 111 Å². The molecule has 2 amide bonds. The molecule has 4 aromatic carbocycles. The van der Waals surface area contributed by atoms with Crippen molar-refractivity contribution < 1.29 is 29.0 Å². The Kier molecular flexibility index (Phi) is 7.72. The standard InChI is InChI=1S/C36H33NO6/c1-22(2)19-33(34(38)39)37(35(40)42-20-31-27-15-7-3-11-23(27)24-12-4-8-16-28(24)31)36(41)43-21-32-29-17-9-5-13-25(29)26-14-6-10-18-30(26)32/h3-18,22,31-33H,19-21H2,1-2H3,(H,38,39)/t33-/m0/s1. The van der Waals surface area contributed by atoms with Crippen molar-refractivity contribution >= 4 is 18.2 Å². The zero-order valence-electron chi connectivity index (χ0n) is 24.1. The third kappa shape index (κ3) is 5.27. The summed E-state index contributed by atoms with van der Waals surface area (Å²) in [7, 11) is 0. The number of aliphatic carboxylic acids is 1. The van der Waals surface area contributed by atoms with Gasteiger partial charge in [0.15, 0.2) is 0 Å². The van der Waals surface area contributed by atoms with Gasteiger partial charge in [-0.25, -0.2) is 14.4 Å². The molecule has 2 aliphatic rings. The number of ether oxygens (including phenoxy) is 2. The molecule has 7 nitrogen and oxygen atoms in total. The second-order valence-electron chi connectivity index (χ2n) is 11.5. The minimum absolute atomic E-state index is 0.0476. The smallest absolute Gasteiger partial charge is 0.420 e. The lowest BCUT2D eigenvalue weighted by Gasteiger charge is -2.28. The number of benzene rings is 4. The van der Waals surface area contributed by atoms with Gasteiger partial charge in [-0.2, -0.15) is 4.90 Å². The Morgan fingerprint density at radius 3 is 1.26 bits per heavy atom. The number of rotatable bonds is 8. The Balaban J connectivity index is 1.24. The van der Waals surface area contributed by atoms with Crippen LogP contribution in [0.15, 0.2) is 97.1 Å². The first-order valence-corrected chi connectivity index (χ1v) is 14.6. The molecule has 2 aliphatic carbocycles. The zero-order valence-corrected chi connectivity index (χ0v) is 24.1. The van der Waals surface area contributed by atoms with Gasteiger partial charge in [0.25, 0.3) is 0 Å². The van der Waals surface area contributed by atoms with Crippen LogP contribution in [0.3, 0.4) is 0 Å². The molecule has 0 spiro atoms. The molecule has 0 saturated carbocycles. The molecule has 0 heterocycles. The van der Waals surface area contributed by atoms with E-state index in [9.17, 15) is 19.5 Å². The Hall–Kier alpha value is -4.91. The summed E-state index contributed by atoms with van der Waals surface area (Å²) in [5, 5.41) is 10.1. The minimum atomic E-state index is -1.44. The predicted molar refractivity (Wildman–Crippen MR) is 163 cm³/mol. The van der Waals surface area contributed by atoms with Crippen LogP contribution in [0.2, 0.25) is 0 Å². The number of carboxylic acids is 1. The molecule has 0 aromatic heterocycles. The van der Waals surface area contributed by atoms with Crippen molar-refractivity contribution in [2.45, 2.75) is 38.1 Å². The fourth-order valence-corrected chi connectivity index (χ4v) is 6.42. The Labute approximate surface area is 250 Å². The van der Waals surface area contributed by atoms with Crippen LogP contribution in [0.1, 0.15) is 54.4 Å². The van der Waals surface area contributed by atoms with Crippen LogP contribution in [0.25, 0.3) is 22.3 Å². The zero-order chi connectivity index (χ0) is 30.1. The summed E-state index contributed by atoms with van der Waals surface area (Å²) in [6.07, 6.45) is -2.01. The highest BCUT2D eigenvalue weighted by atomic mass is 16.6. The SMILES string of the molecule is CC(C)C[C@@H](C(=O)O)N(C(=O)OCC1c2ccccc2-c2ccccc21)C(=O)OCC1c2ccccc2-c2ccccc21. The lowest BCUT2D eigenvalue weighted by molar-refractivity contribution is -0.142. The quantitative estimate of drug-likeness (QED) is 0.232. The van der Waals surface area contributed by atoms with Crippen LogP contribution < -0.4 is 0 Å². The van der Waals surface area contributed by atoms with E-state index in [2.05, 4.69) is 0 Å².